The van der Waals surface area contributed by atoms with Crippen molar-refractivity contribution in [3.63, 3.8) is 0 Å². The predicted octanol–water partition coefficient (Wildman–Crippen LogP) is 2.26. The molecule has 2 fully saturated rings. The summed E-state index contributed by atoms with van der Waals surface area (Å²) in [5.74, 6) is -0.943. The summed E-state index contributed by atoms with van der Waals surface area (Å²) in [5.41, 5.74) is 3.53. The minimum atomic E-state index is -0.847. The molecule has 200 valence electrons. The molecule has 3 N–H and O–H groups in total. The van der Waals surface area contributed by atoms with Gasteiger partial charge in [0.2, 0.25) is 17.7 Å². The van der Waals surface area contributed by atoms with Gasteiger partial charge in [-0.15, -0.1) is 11.3 Å². The molecule has 2 aromatic rings. The van der Waals surface area contributed by atoms with Crippen LogP contribution in [0.25, 0.3) is 10.4 Å². The number of amides is 3. The van der Waals surface area contributed by atoms with Crippen LogP contribution in [0.1, 0.15) is 45.4 Å². The number of nitrogens with one attached hydrogen (secondary N) is 2. The molecule has 1 aromatic carbocycles. The summed E-state index contributed by atoms with van der Waals surface area (Å²) in [6.45, 7) is 10.3. The third-order valence-corrected chi connectivity index (χ3v) is 8.05. The molecule has 37 heavy (non-hydrogen) atoms. The van der Waals surface area contributed by atoms with Crippen LogP contribution in [0, 0.1) is 17.8 Å². The highest BCUT2D eigenvalue weighted by molar-refractivity contribution is 7.13. The first-order valence-electron chi connectivity index (χ1n) is 12.5. The molecule has 9 nitrogen and oxygen atoms in total. The van der Waals surface area contributed by atoms with E-state index in [1.165, 1.54) is 4.90 Å². The Bertz CT molecular complexity index is 1150. The second kappa shape index (κ2) is 10.5. The molecule has 0 spiro atoms. The van der Waals surface area contributed by atoms with Crippen molar-refractivity contribution < 1.29 is 24.2 Å². The van der Waals surface area contributed by atoms with Gasteiger partial charge in [0.15, 0.2) is 0 Å². The first kappa shape index (κ1) is 27.2. The van der Waals surface area contributed by atoms with Crippen LogP contribution < -0.4 is 10.6 Å². The van der Waals surface area contributed by atoms with Gasteiger partial charge in [0.1, 0.15) is 12.1 Å². The second-order valence-corrected chi connectivity index (χ2v) is 12.3. The molecule has 2 aliphatic rings. The third kappa shape index (κ3) is 5.86. The minimum absolute atomic E-state index is 0.0443. The first-order valence-corrected chi connectivity index (χ1v) is 13.4. The van der Waals surface area contributed by atoms with Crippen molar-refractivity contribution >= 4 is 29.1 Å². The van der Waals surface area contributed by atoms with Crippen molar-refractivity contribution in [3.05, 3.63) is 41.0 Å². The highest BCUT2D eigenvalue weighted by atomic mass is 32.1. The number of aliphatic hydroxyl groups is 1. The zero-order valence-corrected chi connectivity index (χ0v) is 22.9. The summed E-state index contributed by atoms with van der Waals surface area (Å²) >= 11 is 1.59. The molecular weight excluding hydrogens is 492 g/mol. The van der Waals surface area contributed by atoms with E-state index in [9.17, 15) is 19.5 Å². The van der Waals surface area contributed by atoms with Crippen molar-refractivity contribution in [2.45, 2.75) is 65.8 Å². The lowest BCUT2D eigenvalue weighted by molar-refractivity contribution is -0.161. The molecule has 0 radical (unpaired) electrons. The SMILES string of the molecule is Cc1ncsc1-c1ccc(CNC(=O)C2CC(O)CN2C(=O)[C@@H](NC(=O)C2(C)COC2)C(C)(C)C)cc1. The van der Waals surface area contributed by atoms with Gasteiger partial charge in [-0.05, 0) is 30.4 Å². The Hall–Kier alpha value is -2.82. The highest BCUT2D eigenvalue weighted by Gasteiger charge is 2.47. The Morgan fingerprint density at radius 1 is 1.24 bits per heavy atom. The van der Waals surface area contributed by atoms with Gasteiger partial charge in [0.05, 0.1) is 40.8 Å². The number of carbonyl (C=O) groups excluding carboxylic acids is 3. The Morgan fingerprint density at radius 2 is 1.92 bits per heavy atom. The molecule has 3 heterocycles. The molecule has 2 saturated heterocycles. The molecule has 2 unspecified atom stereocenters. The summed E-state index contributed by atoms with van der Waals surface area (Å²) in [5, 5.41) is 16.2. The van der Waals surface area contributed by atoms with Crippen molar-refractivity contribution in [2.24, 2.45) is 10.8 Å². The van der Waals surface area contributed by atoms with Crippen molar-refractivity contribution in [1.82, 2.24) is 20.5 Å². The number of β-amino-alcohol motifs (C(OH)–C–C–N with tert-alkyl or cyclic N) is 1. The van der Waals surface area contributed by atoms with Crippen LogP contribution in [0.4, 0.5) is 0 Å². The molecule has 10 heteroatoms. The van der Waals surface area contributed by atoms with Crippen LogP contribution in [0.3, 0.4) is 0 Å². The van der Waals surface area contributed by atoms with E-state index < -0.39 is 29.0 Å². The monoisotopic (exact) mass is 528 g/mol. The van der Waals surface area contributed by atoms with E-state index >= 15 is 0 Å². The summed E-state index contributed by atoms with van der Waals surface area (Å²) < 4.78 is 5.20. The number of aromatic nitrogens is 1. The van der Waals surface area contributed by atoms with E-state index in [2.05, 4.69) is 15.6 Å². The number of ether oxygens (including phenoxy) is 1. The number of hydrogen-bond acceptors (Lipinski definition) is 7. The van der Waals surface area contributed by atoms with Crippen molar-refractivity contribution in [3.8, 4) is 10.4 Å². The maximum atomic E-state index is 13.7. The van der Waals surface area contributed by atoms with Crippen LogP contribution in [0.5, 0.6) is 0 Å². The van der Waals surface area contributed by atoms with E-state index in [1.54, 1.807) is 18.3 Å². The summed E-state index contributed by atoms with van der Waals surface area (Å²) in [6, 6.07) is 6.25. The third-order valence-electron chi connectivity index (χ3n) is 7.07. The maximum Gasteiger partial charge on any atom is 0.246 e. The number of aliphatic hydroxyl groups excluding tert-OH is 1. The van der Waals surface area contributed by atoms with Gasteiger partial charge in [0.25, 0.3) is 0 Å². The number of aryl methyl sites for hydroxylation is 1. The van der Waals surface area contributed by atoms with Gasteiger partial charge in [-0.1, -0.05) is 45.0 Å². The Labute approximate surface area is 221 Å². The number of thiazole rings is 1. The second-order valence-electron chi connectivity index (χ2n) is 11.4. The standard InChI is InChI=1S/C27H36N4O5S/c1-16-21(37-15-29-16)18-8-6-17(7-9-18)11-28-23(33)20-10-19(32)12-31(20)24(34)22(26(2,3)4)30-25(35)27(5)13-36-14-27/h6-9,15,19-20,22,32H,10-14H2,1-5H3,(H,28,33)(H,30,35)/t19?,20?,22-/m1/s1. The fourth-order valence-corrected chi connectivity index (χ4v) is 5.44. The van der Waals surface area contributed by atoms with Crippen LogP contribution in [-0.4, -0.2) is 70.7 Å². The van der Waals surface area contributed by atoms with E-state index in [0.29, 0.717) is 19.8 Å². The Balaban J connectivity index is 1.42. The van der Waals surface area contributed by atoms with Gasteiger partial charge in [0, 0.05) is 19.5 Å². The first-order chi connectivity index (χ1) is 17.4. The molecule has 4 rings (SSSR count). The van der Waals surface area contributed by atoms with Crippen LogP contribution in [-0.2, 0) is 25.7 Å². The lowest BCUT2D eigenvalue weighted by atomic mass is 9.82. The van der Waals surface area contributed by atoms with Crippen LogP contribution in [0.15, 0.2) is 29.8 Å². The number of hydrogen-bond donors (Lipinski definition) is 3. The minimum Gasteiger partial charge on any atom is -0.391 e. The molecule has 3 amide bonds. The topological polar surface area (TPSA) is 121 Å². The normalized spacial score (nSPS) is 21.7. The van der Waals surface area contributed by atoms with E-state index in [1.807, 2.05) is 57.5 Å². The summed E-state index contributed by atoms with van der Waals surface area (Å²) in [6.07, 6.45) is -0.659. The molecule has 0 saturated carbocycles. The van der Waals surface area contributed by atoms with Gasteiger partial charge in [-0.2, -0.15) is 0 Å². The molecular formula is C27H36N4O5S. The van der Waals surface area contributed by atoms with Crippen LogP contribution >= 0.6 is 11.3 Å². The molecule has 0 aliphatic carbocycles. The lowest BCUT2D eigenvalue weighted by Crippen LogP contribution is -2.62. The van der Waals surface area contributed by atoms with Crippen molar-refractivity contribution in [2.75, 3.05) is 19.8 Å². The van der Waals surface area contributed by atoms with E-state index in [0.717, 1.165) is 21.7 Å². The van der Waals surface area contributed by atoms with Gasteiger partial charge in [-0.25, -0.2) is 4.98 Å². The quantitative estimate of drug-likeness (QED) is 0.507. The number of likely N-dealkylation sites (tertiary alicyclic amines) is 1. The van der Waals surface area contributed by atoms with Gasteiger partial charge < -0.3 is 25.4 Å². The number of benzene rings is 1. The fourth-order valence-electron chi connectivity index (χ4n) is 4.62. The smallest absolute Gasteiger partial charge is 0.246 e. The fraction of sp³-hybridized carbons (Fsp3) is 0.556. The molecule has 1 aromatic heterocycles. The Morgan fingerprint density at radius 3 is 2.46 bits per heavy atom. The molecule has 3 atom stereocenters. The molecule has 0 bridgehead atoms. The average molecular weight is 529 g/mol. The summed E-state index contributed by atoms with van der Waals surface area (Å²) in [4.78, 5) is 46.5. The van der Waals surface area contributed by atoms with Crippen molar-refractivity contribution in [1.29, 1.82) is 0 Å². The van der Waals surface area contributed by atoms with E-state index in [4.69, 9.17) is 4.74 Å². The number of carbonyl (C=O) groups is 3. The zero-order valence-electron chi connectivity index (χ0n) is 22.0. The van der Waals surface area contributed by atoms with Gasteiger partial charge in [-0.3, -0.25) is 14.4 Å². The van der Waals surface area contributed by atoms with Gasteiger partial charge >= 0.3 is 0 Å². The largest absolute Gasteiger partial charge is 0.391 e. The van der Waals surface area contributed by atoms with Crippen LogP contribution in [0.2, 0.25) is 0 Å². The highest BCUT2D eigenvalue weighted by Crippen LogP contribution is 2.31. The number of nitrogens with zero attached hydrogens (tertiary/aromatic N) is 2. The summed E-state index contributed by atoms with van der Waals surface area (Å²) in [7, 11) is 0. The molecule has 2 aliphatic heterocycles. The van der Waals surface area contributed by atoms with E-state index in [-0.39, 0.29) is 30.7 Å². The maximum absolute atomic E-state index is 13.7. The average Bonchev–Trinajstić information content (AvgIpc) is 3.43. The lowest BCUT2D eigenvalue weighted by Gasteiger charge is -2.40. The zero-order chi connectivity index (χ0) is 27.0. The Kier molecular flexibility index (Phi) is 7.73. The number of rotatable bonds is 7. The predicted molar refractivity (Wildman–Crippen MR) is 141 cm³/mol.